The predicted octanol–water partition coefficient (Wildman–Crippen LogP) is 7.89. The molecule has 0 spiro atoms. The summed E-state index contributed by atoms with van der Waals surface area (Å²) < 4.78 is 0. The van der Waals surface area contributed by atoms with Crippen LogP contribution in [0.2, 0.25) is 0 Å². The van der Waals surface area contributed by atoms with E-state index in [1.807, 2.05) is 37.3 Å². The zero-order chi connectivity index (χ0) is 19.2. The number of allylic oxidation sites excluding steroid dienone is 9. The molecule has 132 valence electrons. The summed E-state index contributed by atoms with van der Waals surface area (Å²) in [5, 5.41) is 4.82. The van der Waals surface area contributed by atoms with Crippen molar-refractivity contribution in [1.29, 1.82) is 0 Å². The van der Waals surface area contributed by atoms with E-state index in [1.54, 1.807) is 0 Å². The summed E-state index contributed by atoms with van der Waals surface area (Å²) in [7, 11) is 0. The van der Waals surface area contributed by atoms with Crippen LogP contribution in [0.25, 0.3) is 32.7 Å². The SMILES string of the molecule is C=C/C=C(\C=C)c1c2ccccc2c(/C(C=C)=C/C=C\C)c2ccccc12. The molecular formula is C27H24. The third kappa shape index (κ3) is 3.35. The summed E-state index contributed by atoms with van der Waals surface area (Å²) in [5.41, 5.74) is 4.58. The van der Waals surface area contributed by atoms with Gasteiger partial charge in [-0.15, -0.1) is 0 Å². The molecule has 0 atom stereocenters. The van der Waals surface area contributed by atoms with Crippen LogP contribution in [0.3, 0.4) is 0 Å². The van der Waals surface area contributed by atoms with Crippen molar-refractivity contribution in [1.82, 2.24) is 0 Å². The van der Waals surface area contributed by atoms with E-state index in [0.29, 0.717) is 0 Å². The first kappa shape index (κ1) is 18.4. The van der Waals surface area contributed by atoms with Crippen molar-refractivity contribution in [3.63, 3.8) is 0 Å². The van der Waals surface area contributed by atoms with Crippen molar-refractivity contribution in [2.24, 2.45) is 0 Å². The number of hydrogen-bond acceptors (Lipinski definition) is 0. The number of fused-ring (bicyclic) bond motifs is 2. The van der Waals surface area contributed by atoms with Crippen molar-refractivity contribution in [2.75, 3.05) is 0 Å². The molecule has 0 radical (unpaired) electrons. The second kappa shape index (κ2) is 8.33. The van der Waals surface area contributed by atoms with Crippen molar-refractivity contribution in [2.45, 2.75) is 6.92 Å². The van der Waals surface area contributed by atoms with Gasteiger partial charge < -0.3 is 0 Å². The first-order valence-electron chi connectivity index (χ1n) is 9.11. The van der Waals surface area contributed by atoms with Crippen LogP contribution >= 0.6 is 0 Å². The number of rotatable bonds is 6. The maximum Gasteiger partial charge on any atom is -0.00266 e. The molecule has 0 saturated carbocycles. The highest BCUT2D eigenvalue weighted by Crippen LogP contribution is 2.40. The van der Waals surface area contributed by atoms with Crippen molar-refractivity contribution in [3.8, 4) is 0 Å². The van der Waals surface area contributed by atoms with Gasteiger partial charge in [0.1, 0.15) is 0 Å². The topological polar surface area (TPSA) is 0 Å². The number of hydrogen-bond donors (Lipinski definition) is 0. The van der Waals surface area contributed by atoms with Crippen LogP contribution in [-0.4, -0.2) is 0 Å². The van der Waals surface area contributed by atoms with Crippen LogP contribution in [0.4, 0.5) is 0 Å². The van der Waals surface area contributed by atoms with E-state index in [0.717, 1.165) is 11.1 Å². The Hall–Kier alpha value is -3.38. The molecular weight excluding hydrogens is 324 g/mol. The van der Waals surface area contributed by atoms with Gasteiger partial charge in [-0.2, -0.15) is 0 Å². The predicted molar refractivity (Wildman–Crippen MR) is 123 cm³/mol. The summed E-state index contributed by atoms with van der Waals surface area (Å²) >= 11 is 0. The van der Waals surface area contributed by atoms with Gasteiger partial charge in [-0.05, 0) is 50.7 Å². The highest BCUT2D eigenvalue weighted by atomic mass is 14.2. The third-order valence-electron chi connectivity index (χ3n) is 4.71. The van der Waals surface area contributed by atoms with E-state index in [4.69, 9.17) is 0 Å². The van der Waals surface area contributed by atoms with E-state index >= 15 is 0 Å². The van der Waals surface area contributed by atoms with Crippen LogP contribution in [0.15, 0.2) is 111 Å². The molecule has 0 aromatic heterocycles. The first-order chi connectivity index (χ1) is 13.3. The molecule has 0 aliphatic carbocycles. The lowest BCUT2D eigenvalue weighted by Crippen LogP contribution is -1.94. The van der Waals surface area contributed by atoms with Gasteiger partial charge in [-0.1, -0.05) is 111 Å². The summed E-state index contributed by atoms with van der Waals surface area (Å²) in [4.78, 5) is 0. The molecule has 0 amide bonds. The minimum Gasteiger partial charge on any atom is -0.0990 e. The lowest BCUT2D eigenvalue weighted by molar-refractivity contribution is 1.67. The number of benzene rings is 3. The summed E-state index contributed by atoms with van der Waals surface area (Å²) in [6.07, 6.45) is 13.9. The molecule has 27 heavy (non-hydrogen) atoms. The Balaban J connectivity index is 2.60. The zero-order valence-electron chi connectivity index (χ0n) is 15.8. The molecule has 0 fully saturated rings. The Labute approximate surface area is 161 Å². The van der Waals surface area contributed by atoms with Crippen LogP contribution in [0.5, 0.6) is 0 Å². The molecule has 3 aromatic carbocycles. The summed E-state index contributed by atoms with van der Waals surface area (Å²) in [6.45, 7) is 14.0. The van der Waals surface area contributed by atoms with E-state index in [9.17, 15) is 0 Å². The first-order valence-corrected chi connectivity index (χ1v) is 9.11. The van der Waals surface area contributed by atoms with Crippen molar-refractivity contribution >= 4 is 32.7 Å². The van der Waals surface area contributed by atoms with Crippen LogP contribution in [-0.2, 0) is 0 Å². The fraction of sp³-hybridized carbons (Fsp3) is 0.0370. The van der Waals surface area contributed by atoms with Crippen LogP contribution in [0.1, 0.15) is 18.1 Å². The highest BCUT2D eigenvalue weighted by molar-refractivity contribution is 6.17. The van der Waals surface area contributed by atoms with E-state index in [1.165, 1.54) is 32.7 Å². The minimum absolute atomic E-state index is 1.07. The summed E-state index contributed by atoms with van der Waals surface area (Å²) in [6, 6.07) is 17.1. The van der Waals surface area contributed by atoms with Gasteiger partial charge in [0.25, 0.3) is 0 Å². The molecule has 0 aliphatic rings. The molecule has 0 heterocycles. The van der Waals surface area contributed by atoms with Gasteiger partial charge in [0.2, 0.25) is 0 Å². The molecule has 3 rings (SSSR count). The second-order valence-corrected chi connectivity index (χ2v) is 6.25. The lowest BCUT2D eigenvalue weighted by atomic mass is 9.85. The Morgan fingerprint density at radius 1 is 0.667 bits per heavy atom. The van der Waals surface area contributed by atoms with Crippen LogP contribution < -0.4 is 0 Å². The lowest BCUT2D eigenvalue weighted by Gasteiger charge is -2.18. The third-order valence-corrected chi connectivity index (χ3v) is 4.71. The Bertz CT molecular complexity index is 1060. The van der Waals surface area contributed by atoms with Crippen molar-refractivity contribution < 1.29 is 0 Å². The quantitative estimate of drug-likeness (QED) is 0.314. The highest BCUT2D eigenvalue weighted by Gasteiger charge is 2.16. The van der Waals surface area contributed by atoms with Gasteiger partial charge in [0.05, 0.1) is 0 Å². The Morgan fingerprint density at radius 2 is 1.07 bits per heavy atom. The average Bonchev–Trinajstić information content (AvgIpc) is 2.72. The van der Waals surface area contributed by atoms with Gasteiger partial charge in [0, 0.05) is 0 Å². The van der Waals surface area contributed by atoms with E-state index < -0.39 is 0 Å². The smallest absolute Gasteiger partial charge is 0.00266 e. The standard InChI is InChI=1S/C27H24/c1-5-9-15-21(8-4)27-24-18-12-10-16-22(24)26(20(7-3)14-6-2)23-17-11-13-19-25(23)27/h5-19H,2-4H2,1H3/b9-5-,20-14+,21-15+. The molecule has 0 heteroatoms. The van der Waals surface area contributed by atoms with Gasteiger partial charge in [-0.3, -0.25) is 0 Å². The molecule has 0 bridgehead atoms. The van der Waals surface area contributed by atoms with Gasteiger partial charge in [0.15, 0.2) is 0 Å². The van der Waals surface area contributed by atoms with E-state index in [-0.39, 0.29) is 0 Å². The Kier molecular flexibility index (Phi) is 5.68. The molecule has 3 aromatic rings. The molecule has 0 saturated heterocycles. The fourth-order valence-corrected chi connectivity index (χ4v) is 3.58. The zero-order valence-corrected chi connectivity index (χ0v) is 15.8. The molecule has 0 nitrogen and oxygen atoms in total. The second-order valence-electron chi connectivity index (χ2n) is 6.25. The minimum atomic E-state index is 1.07. The van der Waals surface area contributed by atoms with Crippen LogP contribution in [0, 0.1) is 0 Å². The van der Waals surface area contributed by atoms with Gasteiger partial charge >= 0.3 is 0 Å². The molecule has 0 N–H and O–H groups in total. The van der Waals surface area contributed by atoms with Gasteiger partial charge in [-0.25, -0.2) is 0 Å². The average molecular weight is 348 g/mol. The normalized spacial score (nSPS) is 12.6. The van der Waals surface area contributed by atoms with Crippen molar-refractivity contribution in [3.05, 3.63) is 122 Å². The maximum absolute atomic E-state index is 4.06. The molecule has 0 aliphatic heterocycles. The fourth-order valence-electron chi connectivity index (χ4n) is 3.58. The maximum atomic E-state index is 4.06. The largest absolute Gasteiger partial charge is 0.0990 e. The molecule has 0 unspecified atom stereocenters. The summed E-state index contributed by atoms with van der Waals surface area (Å²) in [5.74, 6) is 0. The monoisotopic (exact) mass is 348 g/mol. The Morgan fingerprint density at radius 3 is 1.41 bits per heavy atom. The van der Waals surface area contributed by atoms with E-state index in [2.05, 4.69) is 80.4 Å².